The van der Waals surface area contributed by atoms with E-state index in [2.05, 4.69) is 23.0 Å². The van der Waals surface area contributed by atoms with Crippen molar-refractivity contribution in [2.24, 2.45) is 17.6 Å². The Labute approximate surface area is 127 Å². The van der Waals surface area contributed by atoms with E-state index in [1.54, 1.807) is 7.11 Å². The van der Waals surface area contributed by atoms with Gasteiger partial charge in [0.25, 0.3) is 0 Å². The molecule has 0 radical (unpaired) electrons. The maximum Gasteiger partial charge on any atom is 0.125 e. The van der Waals surface area contributed by atoms with Gasteiger partial charge in [-0.1, -0.05) is 19.4 Å². The van der Waals surface area contributed by atoms with Crippen molar-refractivity contribution in [2.75, 3.05) is 20.3 Å². The zero-order valence-electron chi connectivity index (χ0n) is 13.4. The van der Waals surface area contributed by atoms with Gasteiger partial charge >= 0.3 is 0 Å². The maximum atomic E-state index is 5.93. The number of nitrogens with zero attached hydrogens (tertiary/aromatic N) is 2. The summed E-state index contributed by atoms with van der Waals surface area (Å²) < 4.78 is 5.14. The topological polar surface area (TPSA) is 61.0 Å². The van der Waals surface area contributed by atoms with E-state index in [9.17, 15) is 0 Å². The monoisotopic (exact) mass is 289 g/mol. The first-order chi connectivity index (χ1) is 10.2. The standard InChI is InChI=1S/C17H27N3O/c1-12-8-15(10-18)16-11-19-13(2)20-17(16)9-14(12)6-4-5-7-21-3/h8,11-12,14H,4-7,9-10,18H2,1-3H3. The molecule has 0 bridgehead atoms. The molecule has 1 aromatic heterocycles. The van der Waals surface area contributed by atoms with E-state index in [1.165, 1.54) is 24.1 Å². The molecule has 0 saturated heterocycles. The summed E-state index contributed by atoms with van der Waals surface area (Å²) in [6.07, 6.45) is 8.83. The number of allylic oxidation sites excluding steroid dienone is 1. The predicted octanol–water partition coefficient (Wildman–Crippen LogP) is 2.75. The first-order valence-electron chi connectivity index (χ1n) is 7.88. The van der Waals surface area contributed by atoms with E-state index >= 15 is 0 Å². The molecule has 116 valence electrons. The summed E-state index contributed by atoms with van der Waals surface area (Å²) in [7, 11) is 1.76. The van der Waals surface area contributed by atoms with Gasteiger partial charge < -0.3 is 10.5 Å². The number of aromatic nitrogens is 2. The quantitative estimate of drug-likeness (QED) is 0.818. The number of methoxy groups -OCH3 is 1. The largest absolute Gasteiger partial charge is 0.385 e. The first kappa shape index (κ1) is 16.1. The molecule has 1 aliphatic carbocycles. The molecule has 0 amide bonds. The Kier molecular flexibility index (Phi) is 5.88. The Morgan fingerprint density at radius 3 is 2.90 bits per heavy atom. The van der Waals surface area contributed by atoms with Gasteiger partial charge in [-0.3, -0.25) is 0 Å². The predicted molar refractivity (Wildman–Crippen MR) is 85.9 cm³/mol. The Bertz CT molecular complexity index is 499. The minimum Gasteiger partial charge on any atom is -0.385 e. The van der Waals surface area contributed by atoms with Crippen molar-refractivity contribution in [1.82, 2.24) is 9.97 Å². The Balaban J connectivity index is 2.17. The molecule has 0 saturated carbocycles. The molecular formula is C17H27N3O. The summed E-state index contributed by atoms with van der Waals surface area (Å²) in [4.78, 5) is 9.01. The summed E-state index contributed by atoms with van der Waals surface area (Å²) in [5, 5.41) is 0. The lowest BCUT2D eigenvalue weighted by Gasteiger charge is -2.20. The van der Waals surface area contributed by atoms with Gasteiger partial charge in [-0.2, -0.15) is 0 Å². The Hall–Kier alpha value is -1.26. The van der Waals surface area contributed by atoms with Gasteiger partial charge in [0.1, 0.15) is 5.82 Å². The summed E-state index contributed by atoms with van der Waals surface area (Å²) in [6.45, 7) is 5.65. The number of unbranched alkanes of at least 4 members (excludes halogenated alkanes) is 1. The number of fused-ring (bicyclic) bond motifs is 1. The zero-order chi connectivity index (χ0) is 15.2. The second-order valence-electron chi connectivity index (χ2n) is 5.99. The highest BCUT2D eigenvalue weighted by Crippen LogP contribution is 2.32. The van der Waals surface area contributed by atoms with E-state index in [0.717, 1.165) is 30.8 Å². The normalized spacial score (nSPS) is 21.6. The van der Waals surface area contributed by atoms with E-state index < -0.39 is 0 Å². The van der Waals surface area contributed by atoms with Crippen LogP contribution in [0, 0.1) is 18.8 Å². The van der Waals surface area contributed by atoms with Gasteiger partial charge in [0, 0.05) is 32.0 Å². The van der Waals surface area contributed by atoms with Crippen molar-refractivity contribution in [3.8, 4) is 0 Å². The van der Waals surface area contributed by atoms with Crippen LogP contribution in [0.2, 0.25) is 0 Å². The highest BCUT2D eigenvalue weighted by atomic mass is 16.5. The Morgan fingerprint density at radius 1 is 1.38 bits per heavy atom. The third-order valence-electron chi connectivity index (χ3n) is 4.39. The van der Waals surface area contributed by atoms with Gasteiger partial charge in [0.15, 0.2) is 0 Å². The van der Waals surface area contributed by atoms with E-state index in [1.807, 2.05) is 13.1 Å². The molecular weight excluding hydrogens is 262 g/mol. The van der Waals surface area contributed by atoms with Gasteiger partial charge in [-0.25, -0.2) is 9.97 Å². The fourth-order valence-electron chi connectivity index (χ4n) is 3.11. The van der Waals surface area contributed by atoms with Crippen LogP contribution in [-0.2, 0) is 11.2 Å². The second kappa shape index (κ2) is 7.66. The highest BCUT2D eigenvalue weighted by molar-refractivity contribution is 5.69. The first-order valence-corrected chi connectivity index (χ1v) is 7.88. The average molecular weight is 289 g/mol. The number of rotatable bonds is 6. The molecule has 0 fully saturated rings. The molecule has 0 aliphatic heterocycles. The molecule has 1 aromatic rings. The van der Waals surface area contributed by atoms with Crippen molar-refractivity contribution < 1.29 is 4.74 Å². The lowest BCUT2D eigenvalue weighted by molar-refractivity contribution is 0.188. The third-order valence-corrected chi connectivity index (χ3v) is 4.39. The summed E-state index contributed by atoms with van der Waals surface area (Å²) >= 11 is 0. The third kappa shape index (κ3) is 4.11. The fraction of sp³-hybridized carbons (Fsp3) is 0.647. The van der Waals surface area contributed by atoms with Crippen LogP contribution in [0.15, 0.2) is 12.3 Å². The number of ether oxygens (including phenoxy) is 1. The van der Waals surface area contributed by atoms with Crippen LogP contribution in [0.4, 0.5) is 0 Å². The van der Waals surface area contributed by atoms with Crippen molar-refractivity contribution >= 4 is 5.57 Å². The molecule has 2 atom stereocenters. The number of nitrogens with two attached hydrogens (primary N) is 1. The van der Waals surface area contributed by atoms with E-state index in [0.29, 0.717) is 18.4 Å². The van der Waals surface area contributed by atoms with E-state index in [-0.39, 0.29) is 0 Å². The average Bonchev–Trinajstić information content (AvgIpc) is 2.60. The van der Waals surface area contributed by atoms with Crippen LogP contribution < -0.4 is 5.73 Å². The summed E-state index contributed by atoms with van der Waals surface area (Å²) in [5.74, 6) is 2.00. The molecule has 4 nitrogen and oxygen atoms in total. The SMILES string of the molecule is COCCCCC1Cc2nc(C)ncc2C(CN)=CC1C. The molecule has 2 rings (SSSR count). The van der Waals surface area contributed by atoms with Crippen LogP contribution in [-0.4, -0.2) is 30.2 Å². The minimum absolute atomic E-state index is 0.528. The summed E-state index contributed by atoms with van der Waals surface area (Å²) in [5.41, 5.74) is 9.44. The van der Waals surface area contributed by atoms with Crippen LogP contribution in [0.3, 0.4) is 0 Å². The molecule has 1 heterocycles. The highest BCUT2D eigenvalue weighted by Gasteiger charge is 2.24. The van der Waals surface area contributed by atoms with Gasteiger partial charge in [-0.05, 0) is 43.6 Å². The lowest BCUT2D eigenvalue weighted by atomic mass is 9.86. The molecule has 0 aromatic carbocycles. The van der Waals surface area contributed by atoms with Crippen LogP contribution in [0.5, 0.6) is 0 Å². The minimum atomic E-state index is 0.528. The maximum absolute atomic E-state index is 5.93. The van der Waals surface area contributed by atoms with Gasteiger partial charge in [0.05, 0.1) is 5.69 Å². The smallest absolute Gasteiger partial charge is 0.125 e. The van der Waals surface area contributed by atoms with E-state index in [4.69, 9.17) is 10.5 Å². The zero-order valence-corrected chi connectivity index (χ0v) is 13.4. The van der Waals surface area contributed by atoms with Crippen molar-refractivity contribution in [3.05, 3.63) is 29.4 Å². The Morgan fingerprint density at radius 2 is 2.19 bits per heavy atom. The van der Waals surface area contributed by atoms with Crippen LogP contribution >= 0.6 is 0 Å². The molecule has 2 N–H and O–H groups in total. The van der Waals surface area contributed by atoms with Crippen molar-refractivity contribution in [3.63, 3.8) is 0 Å². The lowest BCUT2D eigenvalue weighted by Crippen LogP contribution is -2.13. The molecule has 2 unspecified atom stereocenters. The molecule has 21 heavy (non-hydrogen) atoms. The second-order valence-corrected chi connectivity index (χ2v) is 5.99. The molecule has 4 heteroatoms. The van der Waals surface area contributed by atoms with Crippen LogP contribution in [0.1, 0.15) is 43.3 Å². The molecule has 1 aliphatic rings. The van der Waals surface area contributed by atoms with Crippen molar-refractivity contribution in [2.45, 2.75) is 39.5 Å². The number of hydrogen-bond donors (Lipinski definition) is 1. The van der Waals surface area contributed by atoms with Gasteiger partial charge in [0.2, 0.25) is 0 Å². The van der Waals surface area contributed by atoms with Gasteiger partial charge in [-0.15, -0.1) is 0 Å². The molecule has 0 spiro atoms. The number of hydrogen-bond acceptors (Lipinski definition) is 4. The summed E-state index contributed by atoms with van der Waals surface area (Å²) in [6, 6.07) is 0. The number of aryl methyl sites for hydroxylation is 1. The van der Waals surface area contributed by atoms with Crippen molar-refractivity contribution in [1.29, 1.82) is 0 Å². The van der Waals surface area contributed by atoms with Crippen LogP contribution in [0.25, 0.3) is 5.57 Å². The fourth-order valence-corrected chi connectivity index (χ4v) is 3.11.